The second-order valence-corrected chi connectivity index (χ2v) is 8.83. The van der Waals surface area contributed by atoms with Crippen molar-refractivity contribution in [3.8, 4) is 16.3 Å². The Morgan fingerprint density at radius 3 is 2.74 bits per heavy atom. The molecule has 2 unspecified atom stereocenters. The molecule has 0 amide bonds. The van der Waals surface area contributed by atoms with E-state index in [1.165, 1.54) is 0 Å². The molecule has 0 bridgehead atoms. The van der Waals surface area contributed by atoms with Crippen molar-refractivity contribution < 1.29 is 14.6 Å². The molecule has 2 atom stereocenters. The lowest BCUT2D eigenvalue weighted by Gasteiger charge is -2.37. The van der Waals surface area contributed by atoms with E-state index >= 15 is 0 Å². The fraction of sp³-hybridized carbons (Fsp3) is 0.409. The summed E-state index contributed by atoms with van der Waals surface area (Å²) < 4.78 is 12.9. The van der Waals surface area contributed by atoms with Crippen LogP contribution in [0.3, 0.4) is 0 Å². The monoisotopic (exact) mass is 383 g/mol. The van der Waals surface area contributed by atoms with Gasteiger partial charge in [-0.15, -0.1) is 11.3 Å². The molecule has 1 aromatic heterocycles. The molecular weight excluding hydrogens is 358 g/mol. The largest absolute Gasteiger partial charge is 0.496 e. The molecule has 1 fully saturated rings. The minimum atomic E-state index is -0.907. The van der Waals surface area contributed by atoms with Crippen LogP contribution in [0.25, 0.3) is 20.8 Å². The van der Waals surface area contributed by atoms with Gasteiger partial charge in [0.1, 0.15) is 22.5 Å². The summed E-state index contributed by atoms with van der Waals surface area (Å²) in [6, 6.07) is 14.1. The molecule has 5 heteroatoms. The Balaban J connectivity index is 1.76. The lowest BCUT2D eigenvalue weighted by atomic mass is 9.71. The summed E-state index contributed by atoms with van der Waals surface area (Å²) in [6.07, 6.45) is 0.267. The maximum absolute atomic E-state index is 11.3. The molecule has 2 heterocycles. The van der Waals surface area contributed by atoms with Gasteiger partial charge in [0.15, 0.2) is 0 Å². The number of methoxy groups -OCH3 is 1. The van der Waals surface area contributed by atoms with E-state index in [4.69, 9.17) is 14.5 Å². The molecule has 1 aliphatic rings. The zero-order chi connectivity index (χ0) is 19.2. The fourth-order valence-electron chi connectivity index (χ4n) is 3.98. The number of aromatic nitrogens is 1. The highest BCUT2D eigenvalue weighted by molar-refractivity contribution is 7.21. The Labute approximate surface area is 163 Å². The highest BCUT2D eigenvalue weighted by atomic mass is 32.1. The van der Waals surface area contributed by atoms with Crippen LogP contribution in [0.5, 0.6) is 5.75 Å². The third-order valence-corrected chi connectivity index (χ3v) is 6.88. The van der Waals surface area contributed by atoms with Crippen molar-refractivity contribution in [2.45, 2.75) is 38.9 Å². The molecule has 1 aliphatic heterocycles. The number of ether oxygens (including phenoxy) is 2. The number of rotatable bonds is 4. The number of fused-ring (bicyclic) bond motifs is 1. The molecule has 1 N–H and O–H groups in total. The Kier molecular flexibility index (Phi) is 4.49. The third-order valence-electron chi connectivity index (χ3n) is 5.81. The van der Waals surface area contributed by atoms with Gasteiger partial charge in [-0.1, -0.05) is 39.0 Å². The summed E-state index contributed by atoms with van der Waals surface area (Å²) in [6.45, 7) is 6.66. The van der Waals surface area contributed by atoms with Gasteiger partial charge in [-0.05, 0) is 36.2 Å². The summed E-state index contributed by atoms with van der Waals surface area (Å²) in [5.41, 5.74) is 1.68. The summed E-state index contributed by atoms with van der Waals surface area (Å²) in [5, 5.41) is 12.2. The Morgan fingerprint density at radius 1 is 1.26 bits per heavy atom. The smallest absolute Gasteiger partial charge is 0.129 e. The van der Waals surface area contributed by atoms with Gasteiger partial charge in [0, 0.05) is 5.41 Å². The number of hydrogen-bond donors (Lipinski definition) is 1. The van der Waals surface area contributed by atoms with Crippen LogP contribution in [-0.2, 0) is 4.74 Å². The number of aliphatic hydroxyl groups is 1. The average molecular weight is 384 g/mol. The van der Waals surface area contributed by atoms with Crippen LogP contribution in [0.15, 0.2) is 42.5 Å². The normalized spacial score (nSPS) is 24.4. The van der Waals surface area contributed by atoms with Gasteiger partial charge in [0.25, 0.3) is 0 Å². The quantitative estimate of drug-likeness (QED) is 0.672. The summed E-state index contributed by atoms with van der Waals surface area (Å²) in [7, 11) is 1.67. The highest BCUT2D eigenvalue weighted by Gasteiger charge is 2.55. The molecule has 0 saturated carbocycles. The van der Waals surface area contributed by atoms with Crippen LogP contribution in [-0.4, -0.2) is 29.4 Å². The van der Waals surface area contributed by atoms with Crippen LogP contribution in [0.2, 0.25) is 0 Å². The Bertz CT molecular complexity index is 948. The first kappa shape index (κ1) is 18.4. The van der Waals surface area contributed by atoms with Crippen LogP contribution >= 0.6 is 11.3 Å². The van der Waals surface area contributed by atoms with E-state index in [0.717, 1.165) is 32.1 Å². The molecular formula is C22H25NO3S. The molecule has 0 aliphatic carbocycles. The van der Waals surface area contributed by atoms with Crippen molar-refractivity contribution in [3.05, 3.63) is 48.0 Å². The molecule has 27 heavy (non-hydrogen) atoms. The summed E-state index contributed by atoms with van der Waals surface area (Å²) in [4.78, 5) is 4.74. The molecule has 3 aromatic rings. The minimum absolute atomic E-state index is 0.300. The standard InChI is InChI=1S/C22H25NO3S/c1-5-22(24)19(26-13-21(22,2)3)14-10-11-15(17(12-14)25-4)20-23-16-8-6-7-9-18(16)27-20/h6-12,19,24H,5,13H2,1-4H3. The first-order valence-electron chi connectivity index (χ1n) is 9.27. The molecule has 1 saturated heterocycles. The first-order chi connectivity index (χ1) is 12.9. The number of thiazole rings is 1. The number of nitrogens with zero attached hydrogens (tertiary/aromatic N) is 1. The van der Waals surface area contributed by atoms with Gasteiger partial charge in [0.2, 0.25) is 0 Å². The van der Waals surface area contributed by atoms with Crippen molar-refractivity contribution in [2.75, 3.05) is 13.7 Å². The van der Waals surface area contributed by atoms with Crippen molar-refractivity contribution in [3.63, 3.8) is 0 Å². The lowest BCUT2D eigenvalue weighted by Crippen LogP contribution is -2.44. The van der Waals surface area contributed by atoms with Crippen LogP contribution in [0.1, 0.15) is 38.9 Å². The van der Waals surface area contributed by atoms with Gasteiger partial charge < -0.3 is 14.6 Å². The molecule has 142 valence electrons. The van der Waals surface area contributed by atoms with Crippen LogP contribution < -0.4 is 4.74 Å². The maximum Gasteiger partial charge on any atom is 0.129 e. The topological polar surface area (TPSA) is 51.6 Å². The fourth-order valence-corrected chi connectivity index (χ4v) is 4.98. The summed E-state index contributed by atoms with van der Waals surface area (Å²) >= 11 is 1.65. The van der Waals surface area contributed by atoms with Gasteiger partial charge >= 0.3 is 0 Å². The van der Waals surface area contributed by atoms with Crippen molar-refractivity contribution in [1.82, 2.24) is 4.98 Å². The van der Waals surface area contributed by atoms with Gasteiger partial charge in [-0.3, -0.25) is 0 Å². The van der Waals surface area contributed by atoms with E-state index in [0.29, 0.717) is 13.0 Å². The predicted molar refractivity (Wildman–Crippen MR) is 109 cm³/mol. The van der Waals surface area contributed by atoms with Gasteiger partial charge in [0.05, 0.1) is 29.5 Å². The minimum Gasteiger partial charge on any atom is -0.496 e. The first-order valence-corrected chi connectivity index (χ1v) is 10.1. The van der Waals surface area contributed by atoms with E-state index in [1.807, 2.05) is 43.3 Å². The average Bonchev–Trinajstić information content (AvgIpc) is 3.20. The predicted octanol–water partition coefficient (Wildman–Crippen LogP) is 5.21. The maximum atomic E-state index is 11.3. The van der Waals surface area contributed by atoms with E-state index in [-0.39, 0.29) is 11.5 Å². The van der Waals surface area contributed by atoms with Gasteiger partial charge in [-0.25, -0.2) is 4.98 Å². The van der Waals surface area contributed by atoms with E-state index in [9.17, 15) is 5.11 Å². The van der Waals surface area contributed by atoms with Crippen molar-refractivity contribution in [1.29, 1.82) is 0 Å². The second kappa shape index (κ2) is 6.59. The number of benzene rings is 2. The van der Waals surface area contributed by atoms with E-state index < -0.39 is 5.60 Å². The van der Waals surface area contributed by atoms with Gasteiger partial charge in [-0.2, -0.15) is 0 Å². The molecule has 0 radical (unpaired) electrons. The third kappa shape index (κ3) is 2.85. The van der Waals surface area contributed by atoms with Crippen LogP contribution in [0.4, 0.5) is 0 Å². The Hall–Kier alpha value is -1.95. The zero-order valence-electron chi connectivity index (χ0n) is 16.2. The highest BCUT2D eigenvalue weighted by Crippen LogP contribution is 2.52. The van der Waals surface area contributed by atoms with E-state index in [1.54, 1.807) is 18.4 Å². The van der Waals surface area contributed by atoms with Crippen molar-refractivity contribution in [2.24, 2.45) is 5.41 Å². The molecule has 4 rings (SSSR count). The molecule has 4 nitrogen and oxygen atoms in total. The number of para-hydroxylation sites is 1. The summed E-state index contributed by atoms with van der Waals surface area (Å²) in [5.74, 6) is 0.748. The van der Waals surface area contributed by atoms with E-state index in [2.05, 4.69) is 19.9 Å². The second-order valence-electron chi connectivity index (χ2n) is 7.80. The lowest BCUT2D eigenvalue weighted by molar-refractivity contribution is -0.0784. The number of hydrogen-bond acceptors (Lipinski definition) is 5. The van der Waals surface area contributed by atoms with Crippen molar-refractivity contribution >= 4 is 21.6 Å². The van der Waals surface area contributed by atoms with Crippen LogP contribution in [0, 0.1) is 5.41 Å². The SMILES string of the molecule is CCC1(O)C(c2ccc(-c3nc4ccccc4s3)c(OC)c2)OCC1(C)C. The molecule has 0 spiro atoms. The Morgan fingerprint density at radius 2 is 2.04 bits per heavy atom. The zero-order valence-corrected chi connectivity index (χ0v) is 17.0. The molecule has 2 aromatic carbocycles.